The molecule has 0 aromatic rings. The van der Waals surface area contributed by atoms with Crippen molar-refractivity contribution in [3.8, 4) is 0 Å². The molecule has 0 aliphatic heterocycles. The van der Waals surface area contributed by atoms with Gasteiger partial charge in [0, 0.05) is 12.8 Å². The second kappa shape index (κ2) is 58.2. The van der Waals surface area contributed by atoms with Crippen molar-refractivity contribution < 1.29 is 37.3 Å². The number of carbonyl (C=O) groups is 2. The number of allylic oxidation sites excluding steroid dienone is 7. The number of hydrogen-bond acceptors (Lipinski definition) is 6. The van der Waals surface area contributed by atoms with E-state index in [0.29, 0.717) is 17.4 Å². The molecule has 0 aliphatic rings. The Bertz CT molecular complexity index is 1470. The Balaban J connectivity index is 5.07. The SMILES string of the molecule is CCCCC/C=C/C=C/CCCCCCCCC(=O)OC(/C=C\CCCCCCCCCCCC)C(COP(=O)(O)OCC[N+](C)(C)C)NC(=O)CCCCCCCCCCCCCCCCC/C=C/CCCCCCCC. The van der Waals surface area contributed by atoms with Crippen molar-refractivity contribution in [2.75, 3.05) is 40.9 Å². The van der Waals surface area contributed by atoms with Gasteiger partial charge in [0.25, 0.3) is 0 Å². The Morgan fingerprint density at radius 2 is 0.782 bits per heavy atom. The fourth-order valence-electron chi connectivity index (χ4n) is 9.81. The molecule has 0 rings (SSSR count). The molecule has 2 N–H and O–H groups in total. The third-order valence-electron chi connectivity index (χ3n) is 15.0. The lowest BCUT2D eigenvalue weighted by Crippen LogP contribution is -2.47. The van der Waals surface area contributed by atoms with Gasteiger partial charge in [-0.1, -0.05) is 275 Å². The summed E-state index contributed by atoms with van der Waals surface area (Å²) in [6.45, 7) is 7.00. The molecule has 0 heterocycles. The summed E-state index contributed by atoms with van der Waals surface area (Å²) in [4.78, 5) is 37.8. The fraction of sp³-hybridized carbons (Fsp3) is 0.853. The van der Waals surface area contributed by atoms with Gasteiger partial charge in [-0.3, -0.25) is 18.6 Å². The van der Waals surface area contributed by atoms with Crippen LogP contribution in [0.5, 0.6) is 0 Å². The molecule has 0 radical (unpaired) electrons. The van der Waals surface area contributed by atoms with Crippen LogP contribution in [0.3, 0.4) is 0 Å². The first kappa shape index (κ1) is 76.0. The standard InChI is InChI=1S/C68H129N2O7P/c1-7-10-13-16-19-22-25-28-30-31-32-33-34-35-36-37-38-39-41-42-45-48-51-54-57-60-67(71)69-65(64-76-78(73,74)75-63-62-70(4,5)6)66(59-56-53-50-47-44-27-24-21-18-15-12-9-3)77-68(72)61-58-55-52-49-46-43-40-29-26-23-20-17-14-11-8-2/h20,23,26,28-30,56,59,65-66H,7-19,21-22,24-25,27,31-55,57-58,60-64H2,1-6H3,(H-,69,71,73,74)/p+1/b23-20+,29-26+,30-28+,59-56-. The Morgan fingerprint density at radius 3 is 1.19 bits per heavy atom. The van der Waals surface area contributed by atoms with E-state index in [-0.39, 0.29) is 31.5 Å². The molecule has 9 nitrogen and oxygen atoms in total. The maximum Gasteiger partial charge on any atom is 0.472 e. The van der Waals surface area contributed by atoms with E-state index in [2.05, 4.69) is 62.5 Å². The van der Waals surface area contributed by atoms with Crippen molar-refractivity contribution in [1.29, 1.82) is 0 Å². The summed E-state index contributed by atoms with van der Waals surface area (Å²) in [5.41, 5.74) is 0. The minimum atomic E-state index is -4.45. The first-order valence-electron chi connectivity index (χ1n) is 33.5. The molecule has 3 unspecified atom stereocenters. The second-order valence-electron chi connectivity index (χ2n) is 24.0. The highest BCUT2D eigenvalue weighted by molar-refractivity contribution is 7.47. The van der Waals surface area contributed by atoms with E-state index in [1.54, 1.807) is 0 Å². The number of likely N-dealkylation sites (N-methyl/N-ethyl adjacent to an activating group) is 1. The van der Waals surface area contributed by atoms with Gasteiger partial charge < -0.3 is 19.4 Å². The van der Waals surface area contributed by atoms with Crippen molar-refractivity contribution in [2.45, 2.75) is 335 Å². The molecular formula is C68H130N2O7P+. The molecule has 3 atom stereocenters. The summed E-state index contributed by atoms with van der Waals surface area (Å²) in [5, 5.41) is 3.06. The summed E-state index contributed by atoms with van der Waals surface area (Å²) in [7, 11) is 1.50. The number of quaternary nitrogens is 1. The third kappa shape index (κ3) is 58.6. The number of phosphoric acid groups is 1. The smallest absolute Gasteiger partial charge is 0.456 e. The number of ether oxygens (including phenoxy) is 1. The lowest BCUT2D eigenvalue weighted by atomic mass is 10.0. The van der Waals surface area contributed by atoms with Crippen LogP contribution in [0.25, 0.3) is 0 Å². The highest BCUT2D eigenvalue weighted by Crippen LogP contribution is 2.43. The summed E-state index contributed by atoms with van der Waals surface area (Å²) < 4.78 is 30.7. The van der Waals surface area contributed by atoms with Crippen LogP contribution in [0, 0.1) is 0 Å². The summed E-state index contributed by atoms with van der Waals surface area (Å²) >= 11 is 0. The number of phosphoric ester groups is 1. The van der Waals surface area contributed by atoms with Crippen LogP contribution in [-0.2, 0) is 27.9 Å². The van der Waals surface area contributed by atoms with Crippen LogP contribution in [0.4, 0.5) is 0 Å². The summed E-state index contributed by atoms with van der Waals surface area (Å²) in [5.74, 6) is -0.507. The Kier molecular flexibility index (Phi) is 56.7. The van der Waals surface area contributed by atoms with Crippen LogP contribution in [-0.4, -0.2) is 74.3 Å². The van der Waals surface area contributed by atoms with Gasteiger partial charge in [0.05, 0.1) is 33.8 Å². The average Bonchev–Trinajstić information content (AvgIpc) is 3.40. The number of esters is 1. The van der Waals surface area contributed by atoms with E-state index in [1.807, 2.05) is 33.3 Å². The van der Waals surface area contributed by atoms with Gasteiger partial charge in [0.2, 0.25) is 5.91 Å². The van der Waals surface area contributed by atoms with Crippen molar-refractivity contribution in [2.24, 2.45) is 0 Å². The molecule has 0 fully saturated rings. The van der Waals surface area contributed by atoms with Crippen molar-refractivity contribution in [1.82, 2.24) is 5.32 Å². The number of rotatable bonds is 61. The highest BCUT2D eigenvalue weighted by Gasteiger charge is 2.30. The minimum Gasteiger partial charge on any atom is -0.456 e. The molecule has 0 spiro atoms. The molecule has 0 aromatic heterocycles. The molecular weight excluding hydrogens is 988 g/mol. The quantitative estimate of drug-likeness (QED) is 0.0156. The average molecular weight is 1120 g/mol. The topological polar surface area (TPSA) is 111 Å². The van der Waals surface area contributed by atoms with Crippen LogP contribution in [0.15, 0.2) is 48.6 Å². The molecule has 78 heavy (non-hydrogen) atoms. The maximum absolute atomic E-state index is 13.6. The molecule has 10 heteroatoms. The van der Waals surface area contributed by atoms with Gasteiger partial charge in [-0.2, -0.15) is 0 Å². The predicted octanol–water partition coefficient (Wildman–Crippen LogP) is 20.8. The van der Waals surface area contributed by atoms with Crippen LogP contribution >= 0.6 is 7.82 Å². The van der Waals surface area contributed by atoms with Gasteiger partial charge in [-0.05, 0) is 83.1 Å². The number of unbranched alkanes of at least 4 members (excludes halogenated alkanes) is 40. The van der Waals surface area contributed by atoms with E-state index in [9.17, 15) is 19.0 Å². The Morgan fingerprint density at radius 1 is 0.449 bits per heavy atom. The normalized spacial score (nSPS) is 13.9. The number of carbonyl (C=O) groups excluding carboxylic acids is 2. The molecule has 1 amide bonds. The van der Waals surface area contributed by atoms with Crippen molar-refractivity contribution >= 4 is 19.7 Å². The van der Waals surface area contributed by atoms with Crippen molar-refractivity contribution in [3.63, 3.8) is 0 Å². The Labute approximate surface area is 484 Å². The van der Waals surface area contributed by atoms with Crippen LogP contribution in [0.2, 0.25) is 0 Å². The van der Waals surface area contributed by atoms with Gasteiger partial charge in [0.1, 0.15) is 19.3 Å². The third-order valence-corrected chi connectivity index (χ3v) is 16.0. The molecule has 0 bridgehead atoms. The van der Waals surface area contributed by atoms with Crippen LogP contribution in [0.1, 0.15) is 323 Å². The number of amides is 1. The Hall–Kier alpha value is -2.03. The highest BCUT2D eigenvalue weighted by atomic mass is 31.2. The number of nitrogens with one attached hydrogen (secondary N) is 1. The zero-order valence-corrected chi connectivity index (χ0v) is 53.3. The summed E-state index contributed by atoms with van der Waals surface area (Å²) in [6, 6.07) is -0.852. The first-order valence-corrected chi connectivity index (χ1v) is 35.0. The van der Waals surface area contributed by atoms with E-state index < -0.39 is 20.0 Å². The second-order valence-corrected chi connectivity index (χ2v) is 25.5. The zero-order chi connectivity index (χ0) is 57.2. The minimum absolute atomic E-state index is 0.0392. The van der Waals surface area contributed by atoms with E-state index >= 15 is 0 Å². The molecule has 0 aromatic carbocycles. The van der Waals surface area contributed by atoms with E-state index in [1.165, 1.54) is 212 Å². The van der Waals surface area contributed by atoms with Gasteiger partial charge >= 0.3 is 13.8 Å². The monoisotopic (exact) mass is 1120 g/mol. The van der Waals surface area contributed by atoms with Gasteiger partial charge in [-0.25, -0.2) is 4.57 Å². The predicted molar refractivity (Wildman–Crippen MR) is 337 cm³/mol. The molecule has 0 saturated carbocycles. The maximum atomic E-state index is 13.6. The number of nitrogens with zero attached hydrogens (tertiary/aromatic N) is 1. The number of hydrogen-bond donors (Lipinski definition) is 2. The first-order chi connectivity index (χ1) is 37.9. The lowest BCUT2D eigenvalue weighted by Gasteiger charge is -2.27. The fourth-order valence-corrected chi connectivity index (χ4v) is 10.5. The van der Waals surface area contributed by atoms with Gasteiger partial charge in [0.15, 0.2) is 0 Å². The molecule has 0 aliphatic carbocycles. The van der Waals surface area contributed by atoms with Crippen LogP contribution < -0.4 is 5.32 Å². The van der Waals surface area contributed by atoms with Gasteiger partial charge in [-0.15, -0.1) is 0 Å². The largest absolute Gasteiger partial charge is 0.472 e. The van der Waals surface area contributed by atoms with E-state index in [0.717, 1.165) is 77.0 Å². The summed E-state index contributed by atoms with van der Waals surface area (Å²) in [6.07, 6.45) is 72.6. The van der Waals surface area contributed by atoms with Crippen molar-refractivity contribution in [3.05, 3.63) is 48.6 Å². The zero-order valence-electron chi connectivity index (χ0n) is 52.4. The lowest BCUT2D eigenvalue weighted by molar-refractivity contribution is -0.870. The molecule has 0 saturated heterocycles. The van der Waals surface area contributed by atoms with E-state index in [4.69, 9.17) is 13.8 Å². The molecule has 458 valence electrons.